The summed E-state index contributed by atoms with van der Waals surface area (Å²) < 4.78 is 0. The van der Waals surface area contributed by atoms with Crippen molar-refractivity contribution in [1.82, 2.24) is 5.32 Å². The van der Waals surface area contributed by atoms with Gasteiger partial charge in [0.15, 0.2) is 0 Å². The highest BCUT2D eigenvalue weighted by molar-refractivity contribution is 5.47. The van der Waals surface area contributed by atoms with Crippen LogP contribution in [0.25, 0.3) is 0 Å². The van der Waals surface area contributed by atoms with Gasteiger partial charge in [-0.2, -0.15) is 0 Å². The van der Waals surface area contributed by atoms with Crippen LogP contribution in [0.5, 0.6) is 0 Å². The lowest BCUT2D eigenvalue weighted by Crippen LogP contribution is -2.30. The van der Waals surface area contributed by atoms with Crippen LogP contribution in [-0.4, -0.2) is 12.6 Å². The monoisotopic (exact) mass is 203 g/mol. The Bertz CT molecular complexity index is 350. The van der Waals surface area contributed by atoms with Gasteiger partial charge in [0.25, 0.3) is 0 Å². The van der Waals surface area contributed by atoms with Gasteiger partial charge in [-0.25, -0.2) is 0 Å². The molecule has 1 aliphatic carbocycles. The molecule has 0 fully saturated rings. The first-order valence-corrected chi connectivity index (χ1v) is 5.78. The van der Waals surface area contributed by atoms with Gasteiger partial charge in [0.1, 0.15) is 0 Å². The first kappa shape index (κ1) is 10.7. The maximum absolute atomic E-state index is 3.55. The van der Waals surface area contributed by atoms with Gasteiger partial charge in [-0.15, -0.1) is 0 Å². The zero-order chi connectivity index (χ0) is 11.1. The van der Waals surface area contributed by atoms with Crippen LogP contribution >= 0.6 is 0 Å². The number of fused-ring (bicyclic) bond motifs is 1. The molecule has 1 unspecified atom stereocenters. The van der Waals surface area contributed by atoms with Gasteiger partial charge in [-0.1, -0.05) is 44.6 Å². The minimum atomic E-state index is 0.374. The van der Waals surface area contributed by atoms with Crippen molar-refractivity contribution in [3.05, 3.63) is 34.9 Å². The second kappa shape index (κ2) is 3.64. The maximum Gasteiger partial charge on any atom is 0.0539 e. The Morgan fingerprint density at radius 2 is 2.07 bits per heavy atom. The smallest absolute Gasteiger partial charge is 0.0539 e. The van der Waals surface area contributed by atoms with E-state index in [2.05, 4.69) is 51.2 Å². The van der Waals surface area contributed by atoms with E-state index in [0.29, 0.717) is 11.5 Å². The zero-order valence-electron chi connectivity index (χ0n) is 10.2. The number of allylic oxidation sites excluding steroid dienone is 2. The molecule has 0 saturated carbocycles. The molecule has 0 spiro atoms. The lowest BCUT2D eigenvalue weighted by atomic mass is 9.81. The largest absolute Gasteiger partial charge is 0.303 e. The molecule has 0 aromatic carbocycles. The van der Waals surface area contributed by atoms with Crippen molar-refractivity contribution in [3.8, 4) is 0 Å². The summed E-state index contributed by atoms with van der Waals surface area (Å²) in [7, 11) is 0. The van der Waals surface area contributed by atoms with E-state index in [1.807, 2.05) is 0 Å². The van der Waals surface area contributed by atoms with E-state index in [1.54, 1.807) is 5.57 Å². The van der Waals surface area contributed by atoms with Gasteiger partial charge in [0, 0.05) is 6.54 Å². The summed E-state index contributed by atoms with van der Waals surface area (Å²) in [5.41, 5.74) is 4.78. The van der Waals surface area contributed by atoms with Crippen molar-refractivity contribution in [2.24, 2.45) is 5.41 Å². The van der Waals surface area contributed by atoms with E-state index in [4.69, 9.17) is 0 Å². The highest BCUT2D eigenvalue weighted by Crippen LogP contribution is 2.33. The summed E-state index contributed by atoms with van der Waals surface area (Å²) in [4.78, 5) is 0. The van der Waals surface area contributed by atoms with Crippen LogP contribution in [-0.2, 0) is 0 Å². The van der Waals surface area contributed by atoms with Gasteiger partial charge in [0.2, 0.25) is 0 Å². The topological polar surface area (TPSA) is 12.0 Å². The molecule has 0 aromatic rings. The van der Waals surface area contributed by atoms with Crippen molar-refractivity contribution in [3.63, 3.8) is 0 Å². The fourth-order valence-electron chi connectivity index (χ4n) is 2.46. The first-order chi connectivity index (χ1) is 6.96. The summed E-state index contributed by atoms with van der Waals surface area (Å²) in [5, 5.41) is 3.55. The molecule has 1 atom stereocenters. The Labute approximate surface area is 93.0 Å². The maximum atomic E-state index is 3.55. The Hall–Kier alpha value is -0.820. The van der Waals surface area contributed by atoms with Crippen molar-refractivity contribution < 1.29 is 0 Å². The Kier molecular flexibility index (Phi) is 2.59. The molecule has 0 saturated heterocycles. The van der Waals surface area contributed by atoms with Crippen LogP contribution < -0.4 is 5.32 Å². The highest BCUT2D eigenvalue weighted by atomic mass is 14.9. The van der Waals surface area contributed by atoms with Gasteiger partial charge < -0.3 is 5.32 Å². The van der Waals surface area contributed by atoms with Crippen molar-refractivity contribution in [2.75, 3.05) is 6.54 Å². The number of rotatable bonds is 1. The molecule has 82 valence electrons. The minimum Gasteiger partial charge on any atom is -0.303 e. The average Bonchev–Trinajstić information content (AvgIpc) is 2.48. The van der Waals surface area contributed by atoms with Crippen LogP contribution in [0.2, 0.25) is 0 Å². The summed E-state index contributed by atoms with van der Waals surface area (Å²) in [6, 6.07) is 0.493. The quantitative estimate of drug-likeness (QED) is 0.690. The number of nitrogens with one attached hydrogen (secondary N) is 1. The van der Waals surface area contributed by atoms with E-state index < -0.39 is 0 Å². The molecule has 1 heterocycles. The predicted molar refractivity (Wildman–Crippen MR) is 65.8 cm³/mol. The summed E-state index contributed by atoms with van der Waals surface area (Å²) in [6.07, 6.45) is 8.14. The first-order valence-electron chi connectivity index (χ1n) is 5.78. The van der Waals surface area contributed by atoms with Crippen LogP contribution in [0.15, 0.2) is 34.9 Å². The van der Waals surface area contributed by atoms with E-state index in [1.165, 1.54) is 17.6 Å². The lowest BCUT2D eigenvalue weighted by molar-refractivity contribution is 0.398. The van der Waals surface area contributed by atoms with Crippen LogP contribution in [0.3, 0.4) is 0 Å². The second-order valence-electron chi connectivity index (χ2n) is 5.89. The fourth-order valence-corrected chi connectivity index (χ4v) is 2.46. The molecule has 1 N–H and O–H groups in total. The Balaban J connectivity index is 2.24. The Morgan fingerprint density at radius 3 is 2.73 bits per heavy atom. The molecule has 1 nitrogen and oxygen atoms in total. The van der Waals surface area contributed by atoms with Crippen molar-refractivity contribution in [1.29, 1.82) is 0 Å². The van der Waals surface area contributed by atoms with Crippen LogP contribution in [0, 0.1) is 5.41 Å². The standard InChI is InChI=1S/C14H21N/c1-10-7-11-5-6-15-13(11)12(8-10)9-14(2,3)4/h5,7-8,13,15H,6,9H2,1-4H3. The van der Waals surface area contributed by atoms with E-state index in [9.17, 15) is 0 Å². The van der Waals surface area contributed by atoms with Crippen molar-refractivity contribution in [2.45, 2.75) is 40.2 Å². The van der Waals surface area contributed by atoms with Crippen LogP contribution in [0.1, 0.15) is 34.1 Å². The number of hydrogen-bond acceptors (Lipinski definition) is 1. The molecule has 15 heavy (non-hydrogen) atoms. The van der Waals surface area contributed by atoms with E-state index >= 15 is 0 Å². The summed E-state index contributed by atoms with van der Waals surface area (Å²) >= 11 is 0. The SMILES string of the molecule is CC1=CC2=CCNC2C(CC(C)(C)C)=C1. The molecule has 1 aliphatic heterocycles. The minimum absolute atomic E-state index is 0.374. The second-order valence-corrected chi connectivity index (χ2v) is 5.89. The summed E-state index contributed by atoms with van der Waals surface area (Å²) in [6.45, 7) is 10.1. The lowest BCUT2D eigenvalue weighted by Gasteiger charge is -2.28. The molecule has 0 aromatic heterocycles. The summed E-state index contributed by atoms with van der Waals surface area (Å²) in [5.74, 6) is 0. The molecule has 0 radical (unpaired) electrons. The van der Waals surface area contributed by atoms with E-state index in [0.717, 1.165) is 6.54 Å². The zero-order valence-corrected chi connectivity index (χ0v) is 10.2. The molecule has 2 aliphatic rings. The van der Waals surface area contributed by atoms with Crippen molar-refractivity contribution >= 4 is 0 Å². The molecule has 2 rings (SSSR count). The molecular weight excluding hydrogens is 182 g/mol. The Morgan fingerprint density at radius 1 is 1.33 bits per heavy atom. The van der Waals surface area contributed by atoms with Gasteiger partial charge in [-0.3, -0.25) is 0 Å². The number of hydrogen-bond donors (Lipinski definition) is 1. The van der Waals surface area contributed by atoms with Gasteiger partial charge in [-0.05, 0) is 29.9 Å². The van der Waals surface area contributed by atoms with Gasteiger partial charge >= 0.3 is 0 Å². The predicted octanol–water partition coefficient (Wildman–Crippen LogP) is 3.21. The molecule has 0 bridgehead atoms. The average molecular weight is 203 g/mol. The fraction of sp³-hybridized carbons (Fsp3) is 0.571. The third-order valence-corrected chi connectivity index (χ3v) is 2.91. The van der Waals surface area contributed by atoms with Crippen LogP contribution in [0.4, 0.5) is 0 Å². The van der Waals surface area contributed by atoms with E-state index in [-0.39, 0.29) is 0 Å². The highest BCUT2D eigenvalue weighted by Gasteiger charge is 2.26. The molecular formula is C14H21N. The molecule has 0 amide bonds. The third-order valence-electron chi connectivity index (χ3n) is 2.91. The third kappa shape index (κ3) is 2.40. The normalized spacial score (nSPS) is 25.6. The van der Waals surface area contributed by atoms with Gasteiger partial charge in [0.05, 0.1) is 6.04 Å². The molecule has 1 heteroatoms.